The Hall–Kier alpha value is -3.30. The van der Waals surface area contributed by atoms with Gasteiger partial charge < -0.3 is 0 Å². The zero-order valence-electron chi connectivity index (χ0n) is 26.4. The maximum absolute atomic E-state index is 4.17. The molecule has 4 aromatic rings. The SMILES string of the molecule is C.C.CC(C)n1c[n+](C)cn1.CC(C)n1cc[n+](C)c1.C[n+]1ccn(C(C)(C)C)c1.C[n+]1cnn(C(C)(C)C)c1. The van der Waals surface area contributed by atoms with E-state index in [1.807, 2.05) is 80.9 Å². The van der Waals surface area contributed by atoms with Gasteiger partial charge in [-0.1, -0.05) is 14.9 Å². The molecule has 0 N–H and O–H groups in total. The minimum Gasteiger partial charge on any atom is -0.240 e. The highest BCUT2D eigenvalue weighted by Gasteiger charge is 2.20. The predicted molar refractivity (Wildman–Crippen MR) is 162 cm³/mol. The quantitative estimate of drug-likeness (QED) is 0.347. The molecule has 0 aliphatic carbocycles. The van der Waals surface area contributed by atoms with Gasteiger partial charge in [0.05, 0.1) is 34.2 Å². The Morgan fingerprint density at radius 1 is 0.575 bits per heavy atom. The van der Waals surface area contributed by atoms with Crippen molar-refractivity contribution in [2.45, 2.75) is 107 Å². The zero-order valence-corrected chi connectivity index (χ0v) is 26.4. The molecule has 0 aliphatic heterocycles. The van der Waals surface area contributed by atoms with E-state index < -0.39 is 0 Å². The molecule has 0 amide bonds. The molecule has 4 aromatic heterocycles. The van der Waals surface area contributed by atoms with Crippen LogP contribution in [0.1, 0.15) is 96.2 Å². The van der Waals surface area contributed by atoms with Gasteiger partial charge in [-0.2, -0.15) is 0 Å². The Kier molecular flexibility index (Phi) is 16.2. The molecule has 10 nitrogen and oxygen atoms in total. The fourth-order valence-corrected chi connectivity index (χ4v) is 2.99. The maximum Gasteiger partial charge on any atom is 0.264 e. The van der Waals surface area contributed by atoms with Gasteiger partial charge in [-0.3, -0.25) is 0 Å². The van der Waals surface area contributed by atoms with E-state index in [1.165, 1.54) is 0 Å². The van der Waals surface area contributed by atoms with Crippen LogP contribution in [0.15, 0.2) is 62.8 Å². The van der Waals surface area contributed by atoms with Crippen molar-refractivity contribution < 1.29 is 18.3 Å². The van der Waals surface area contributed by atoms with E-state index in [4.69, 9.17) is 0 Å². The zero-order chi connectivity index (χ0) is 29.3. The van der Waals surface area contributed by atoms with Gasteiger partial charge in [0, 0.05) is 10.2 Å². The molecule has 4 heterocycles. The normalized spacial score (nSPS) is 10.8. The van der Waals surface area contributed by atoms with Gasteiger partial charge in [0.15, 0.2) is 0 Å². The molecule has 0 radical (unpaired) electrons. The van der Waals surface area contributed by atoms with Crippen LogP contribution in [0.25, 0.3) is 0 Å². The summed E-state index contributed by atoms with van der Waals surface area (Å²) in [6, 6.07) is 1.04. The summed E-state index contributed by atoms with van der Waals surface area (Å²) in [5.41, 5.74) is 0.308. The summed E-state index contributed by atoms with van der Waals surface area (Å²) >= 11 is 0. The second kappa shape index (κ2) is 16.7. The average Bonchev–Trinajstić information content (AvgIpc) is 3.57. The summed E-state index contributed by atoms with van der Waals surface area (Å²) in [5.74, 6) is 0. The first-order valence-corrected chi connectivity index (χ1v) is 13.3. The molecule has 0 aliphatic rings. The molecule has 0 unspecified atom stereocenters. The number of aryl methyl sites for hydroxylation is 4. The monoisotopic (exact) mass is 563 g/mol. The van der Waals surface area contributed by atoms with Gasteiger partial charge in [-0.15, -0.1) is 9.36 Å². The summed E-state index contributed by atoms with van der Waals surface area (Å²) < 4.78 is 16.2. The topological polar surface area (TPSA) is 61.0 Å². The van der Waals surface area contributed by atoms with Crippen molar-refractivity contribution >= 4 is 0 Å². The van der Waals surface area contributed by atoms with E-state index in [1.54, 1.807) is 12.7 Å². The highest BCUT2D eigenvalue weighted by Crippen LogP contribution is 2.10. The van der Waals surface area contributed by atoms with E-state index in [2.05, 4.69) is 114 Å². The number of rotatable bonds is 2. The number of hydrogen-bond acceptors (Lipinski definition) is 2. The second-order valence-electron chi connectivity index (χ2n) is 12.3. The van der Waals surface area contributed by atoms with E-state index in [9.17, 15) is 0 Å². The Labute approximate surface area is 245 Å². The number of aromatic nitrogens is 10. The molecule has 0 fully saturated rings. The van der Waals surface area contributed by atoms with Crippen molar-refractivity contribution in [1.29, 1.82) is 0 Å². The van der Waals surface area contributed by atoms with Crippen LogP contribution in [-0.4, -0.2) is 28.7 Å². The van der Waals surface area contributed by atoms with Crippen LogP contribution in [0.4, 0.5) is 0 Å². The Morgan fingerprint density at radius 3 is 1.27 bits per heavy atom. The Bertz CT molecular complexity index is 1100. The molecule has 0 saturated carbocycles. The van der Waals surface area contributed by atoms with Gasteiger partial charge in [-0.05, 0) is 69.2 Å². The summed E-state index contributed by atoms with van der Waals surface area (Å²) in [6.07, 6.45) is 19.9. The predicted octanol–water partition coefficient (Wildman–Crippen LogP) is 3.98. The van der Waals surface area contributed by atoms with E-state index in [0.29, 0.717) is 12.1 Å². The molecule has 0 spiro atoms. The molecule has 228 valence electrons. The standard InChI is InChI=1S/C8H15N2.C7H14N3.C7H13N2.C6H12N3.2CH4/c1-8(2,3)10-6-5-9(4)7-10;1-7(2,3)10-6-9(4)5-8-10;1-7(2)9-5-4-8(3)6-9;1-6(2)9-5-8(3)4-7-9;;/h5-7H,1-4H3;5-6H,1-4H3;4-7H,1-3H3;4-6H,1-3H3;2*1H4/q4*+1;;. The van der Waals surface area contributed by atoms with Gasteiger partial charge in [0.25, 0.3) is 12.7 Å². The molecule has 0 bridgehead atoms. The second-order valence-corrected chi connectivity index (χ2v) is 12.3. The van der Waals surface area contributed by atoms with Crippen molar-refractivity contribution in [2.75, 3.05) is 0 Å². The lowest BCUT2D eigenvalue weighted by atomic mass is 10.1. The third kappa shape index (κ3) is 14.2. The smallest absolute Gasteiger partial charge is 0.240 e. The average molecular weight is 563 g/mol. The third-order valence-corrected chi connectivity index (χ3v) is 5.46. The molecule has 0 atom stereocenters. The third-order valence-electron chi connectivity index (χ3n) is 5.46. The molecule has 40 heavy (non-hydrogen) atoms. The highest BCUT2D eigenvalue weighted by atomic mass is 15.4. The molecule has 0 aromatic carbocycles. The Balaban J connectivity index is 0. The Morgan fingerprint density at radius 2 is 1.07 bits per heavy atom. The number of hydrogen-bond donors (Lipinski definition) is 0. The van der Waals surface area contributed by atoms with Crippen LogP contribution in [0.3, 0.4) is 0 Å². The van der Waals surface area contributed by atoms with E-state index >= 15 is 0 Å². The molecule has 10 heteroatoms. The van der Waals surface area contributed by atoms with Crippen LogP contribution in [0.5, 0.6) is 0 Å². The first-order valence-electron chi connectivity index (χ1n) is 13.3. The fourth-order valence-electron chi connectivity index (χ4n) is 2.99. The van der Waals surface area contributed by atoms with Crippen LogP contribution in [0, 0.1) is 0 Å². The summed E-state index contributed by atoms with van der Waals surface area (Å²) in [7, 11) is 7.99. The van der Waals surface area contributed by atoms with Gasteiger partial charge in [-0.25, -0.2) is 27.4 Å². The summed E-state index contributed by atoms with van der Waals surface area (Å²) in [6.45, 7) is 21.5. The lowest BCUT2D eigenvalue weighted by Crippen LogP contribution is -2.27. The summed E-state index contributed by atoms with van der Waals surface area (Å²) in [4.78, 5) is 0. The van der Waals surface area contributed by atoms with E-state index in [-0.39, 0.29) is 25.9 Å². The van der Waals surface area contributed by atoms with Gasteiger partial charge in [0.2, 0.25) is 25.3 Å². The van der Waals surface area contributed by atoms with Crippen LogP contribution >= 0.6 is 0 Å². The van der Waals surface area contributed by atoms with Gasteiger partial charge in [0.1, 0.15) is 41.9 Å². The van der Waals surface area contributed by atoms with Crippen molar-refractivity contribution in [1.82, 2.24) is 28.7 Å². The summed E-state index contributed by atoms with van der Waals surface area (Å²) in [5, 5.41) is 8.26. The van der Waals surface area contributed by atoms with Gasteiger partial charge >= 0.3 is 0 Å². The van der Waals surface area contributed by atoms with Crippen LogP contribution < -0.4 is 18.3 Å². The largest absolute Gasteiger partial charge is 0.264 e. The lowest BCUT2D eigenvalue weighted by molar-refractivity contribution is -0.672. The minimum absolute atomic E-state index is 0. The number of nitrogens with zero attached hydrogens (tertiary/aromatic N) is 10. The van der Waals surface area contributed by atoms with Crippen molar-refractivity contribution in [3.8, 4) is 0 Å². The van der Waals surface area contributed by atoms with Crippen LogP contribution in [-0.2, 0) is 39.3 Å². The number of imidazole rings is 2. The molecule has 4 rings (SSSR count). The lowest BCUT2D eigenvalue weighted by Gasteiger charge is -2.13. The van der Waals surface area contributed by atoms with Crippen molar-refractivity contribution in [3.63, 3.8) is 0 Å². The van der Waals surface area contributed by atoms with Crippen molar-refractivity contribution in [2.24, 2.45) is 28.2 Å². The van der Waals surface area contributed by atoms with E-state index in [0.717, 1.165) is 0 Å². The first kappa shape index (κ1) is 38.8. The van der Waals surface area contributed by atoms with Crippen molar-refractivity contribution in [3.05, 3.63) is 62.8 Å². The molecular weight excluding hydrogens is 500 g/mol. The maximum atomic E-state index is 4.17. The highest BCUT2D eigenvalue weighted by molar-refractivity contribution is 4.77. The molecular formula is C30H62N10+4. The fraction of sp³-hybridized carbons (Fsp3) is 0.667. The van der Waals surface area contributed by atoms with Crippen LogP contribution in [0.2, 0.25) is 0 Å². The minimum atomic E-state index is 0. The first-order chi connectivity index (χ1) is 17.4. The molecule has 0 saturated heterocycles.